The quantitative estimate of drug-likeness (QED) is 0.776. The summed E-state index contributed by atoms with van der Waals surface area (Å²) in [4.78, 5) is 0. The molecule has 0 saturated carbocycles. The van der Waals surface area contributed by atoms with Gasteiger partial charge in [0.1, 0.15) is 19.0 Å². The molecule has 0 aliphatic carbocycles. The van der Waals surface area contributed by atoms with Gasteiger partial charge in [-0.15, -0.1) is 11.6 Å². The van der Waals surface area contributed by atoms with Gasteiger partial charge in [0.2, 0.25) is 0 Å². The Morgan fingerprint density at radius 1 is 1.15 bits per heavy atom. The molecule has 3 nitrogen and oxygen atoms in total. The van der Waals surface area contributed by atoms with Crippen LogP contribution in [0.25, 0.3) is 0 Å². The maximum atomic E-state index is 6.56. The lowest BCUT2D eigenvalue weighted by Gasteiger charge is -2.21. The smallest absolute Gasteiger partial charge is 0.162 e. The van der Waals surface area contributed by atoms with Gasteiger partial charge in [-0.1, -0.05) is 18.5 Å². The molecule has 0 fully saturated rings. The number of ether oxygens (including phenoxy) is 2. The maximum absolute atomic E-state index is 6.56. The van der Waals surface area contributed by atoms with Crippen LogP contribution in [-0.4, -0.2) is 13.2 Å². The first-order chi connectivity index (χ1) is 9.70. The molecule has 2 heterocycles. The summed E-state index contributed by atoms with van der Waals surface area (Å²) in [5, 5.41) is 0.199. The predicted molar refractivity (Wildman–Crippen MR) is 78.2 cm³/mol. The molecule has 0 N–H and O–H groups in total. The highest BCUT2D eigenvalue weighted by Gasteiger charge is 2.23. The topological polar surface area (TPSA) is 31.6 Å². The number of halogens is 2. The molecular weight excluding hydrogens is 299 g/mol. The van der Waals surface area contributed by atoms with Gasteiger partial charge in [0.05, 0.1) is 11.6 Å². The molecule has 5 heteroatoms. The van der Waals surface area contributed by atoms with E-state index in [1.165, 1.54) is 0 Å². The van der Waals surface area contributed by atoms with Crippen molar-refractivity contribution in [2.45, 2.75) is 18.7 Å². The molecule has 0 saturated heterocycles. The van der Waals surface area contributed by atoms with Crippen LogP contribution in [0.4, 0.5) is 0 Å². The van der Waals surface area contributed by atoms with Crippen LogP contribution in [0.3, 0.4) is 0 Å². The molecular formula is C15H14Cl2O3. The second-order valence-electron chi connectivity index (χ2n) is 4.53. The minimum atomic E-state index is -0.368. The zero-order chi connectivity index (χ0) is 14.1. The van der Waals surface area contributed by atoms with Crippen LogP contribution in [-0.2, 0) is 6.42 Å². The zero-order valence-electron chi connectivity index (χ0n) is 11.0. The van der Waals surface area contributed by atoms with Crippen LogP contribution in [0, 0.1) is 0 Å². The van der Waals surface area contributed by atoms with E-state index in [0.29, 0.717) is 29.7 Å². The summed E-state index contributed by atoms with van der Waals surface area (Å²) in [6.45, 7) is 3.10. The lowest BCUT2D eigenvalue weighted by molar-refractivity contribution is 0.171. The molecule has 1 aliphatic rings. The average molecular weight is 313 g/mol. The van der Waals surface area contributed by atoms with E-state index in [2.05, 4.69) is 0 Å². The van der Waals surface area contributed by atoms with Gasteiger partial charge in [-0.2, -0.15) is 0 Å². The largest absolute Gasteiger partial charge is 0.486 e. The van der Waals surface area contributed by atoms with Crippen molar-refractivity contribution >= 4 is 23.2 Å². The average Bonchev–Trinajstić information content (AvgIpc) is 2.94. The van der Waals surface area contributed by atoms with Crippen LogP contribution in [0.15, 0.2) is 28.9 Å². The highest BCUT2D eigenvalue weighted by Crippen LogP contribution is 2.42. The number of benzene rings is 1. The summed E-state index contributed by atoms with van der Waals surface area (Å²) < 4.78 is 16.5. The fraction of sp³-hybridized carbons (Fsp3) is 0.333. The van der Waals surface area contributed by atoms with Gasteiger partial charge in [0.25, 0.3) is 0 Å². The molecule has 106 valence electrons. The number of fused-ring (bicyclic) bond motifs is 1. The molecule has 0 radical (unpaired) electrons. The lowest BCUT2D eigenvalue weighted by Crippen LogP contribution is -2.15. The van der Waals surface area contributed by atoms with E-state index in [1.54, 1.807) is 12.3 Å². The summed E-state index contributed by atoms with van der Waals surface area (Å²) in [6.07, 6.45) is 2.43. The van der Waals surface area contributed by atoms with E-state index >= 15 is 0 Å². The Morgan fingerprint density at radius 3 is 2.55 bits per heavy atom. The van der Waals surface area contributed by atoms with Crippen LogP contribution in [0.2, 0.25) is 5.02 Å². The molecule has 1 aromatic carbocycles. The molecule has 0 bridgehead atoms. The number of hydrogen-bond donors (Lipinski definition) is 0. The first-order valence-electron chi connectivity index (χ1n) is 6.50. The minimum absolute atomic E-state index is 0.368. The molecule has 1 unspecified atom stereocenters. The Morgan fingerprint density at radius 2 is 1.85 bits per heavy atom. The standard InChI is InChI=1S/C15H14Cl2O3/c1-2-12-9(3-4-18-12)15(17)10-7-13-14(8-11(10)16)20-6-5-19-13/h3-4,7-8,15H,2,5-6H2,1H3. The SMILES string of the molecule is CCc1occc1C(Cl)c1cc2c(cc1Cl)OCCO2. The second-order valence-corrected chi connectivity index (χ2v) is 5.38. The fourth-order valence-corrected chi connectivity index (χ4v) is 3.00. The lowest BCUT2D eigenvalue weighted by atomic mass is 10.0. The minimum Gasteiger partial charge on any atom is -0.486 e. The molecule has 0 spiro atoms. The van der Waals surface area contributed by atoms with Crippen molar-refractivity contribution in [3.63, 3.8) is 0 Å². The van der Waals surface area contributed by atoms with Crippen molar-refractivity contribution in [1.29, 1.82) is 0 Å². The predicted octanol–water partition coefficient (Wildman–Crippen LogP) is 4.59. The van der Waals surface area contributed by atoms with E-state index in [1.807, 2.05) is 19.1 Å². The van der Waals surface area contributed by atoms with Crippen molar-refractivity contribution in [2.24, 2.45) is 0 Å². The summed E-state index contributed by atoms with van der Waals surface area (Å²) in [7, 11) is 0. The normalized spacial score (nSPS) is 15.2. The van der Waals surface area contributed by atoms with Gasteiger partial charge in [0, 0.05) is 23.1 Å². The monoisotopic (exact) mass is 312 g/mol. The van der Waals surface area contributed by atoms with Crippen LogP contribution < -0.4 is 9.47 Å². The third-order valence-electron chi connectivity index (χ3n) is 3.31. The first-order valence-corrected chi connectivity index (χ1v) is 7.31. The van der Waals surface area contributed by atoms with Crippen molar-refractivity contribution in [3.05, 3.63) is 46.4 Å². The van der Waals surface area contributed by atoms with Gasteiger partial charge in [-0.25, -0.2) is 0 Å². The van der Waals surface area contributed by atoms with E-state index in [-0.39, 0.29) is 5.38 Å². The van der Waals surface area contributed by atoms with Gasteiger partial charge in [0.15, 0.2) is 11.5 Å². The zero-order valence-corrected chi connectivity index (χ0v) is 12.5. The summed E-state index contributed by atoms with van der Waals surface area (Å²) in [5.74, 6) is 2.22. The Hall–Kier alpha value is -1.32. The highest BCUT2D eigenvalue weighted by atomic mass is 35.5. The van der Waals surface area contributed by atoms with Crippen molar-refractivity contribution in [2.75, 3.05) is 13.2 Å². The number of aryl methyl sites for hydroxylation is 1. The maximum Gasteiger partial charge on any atom is 0.162 e. The van der Waals surface area contributed by atoms with E-state index in [9.17, 15) is 0 Å². The second kappa shape index (κ2) is 5.58. The molecule has 20 heavy (non-hydrogen) atoms. The summed E-state index contributed by atoms with van der Waals surface area (Å²) in [5.41, 5.74) is 1.74. The number of furan rings is 1. The fourth-order valence-electron chi connectivity index (χ4n) is 2.31. The van der Waals surface area contributed by atoms with E-state index in [4.69, 9.17) is 37.1 Å². The van der Waals surface area contributed by atoms with Crippen molar-refractivity contribution in [3.8, 4) is 11.5 Å². The molecule has 1 aliphatic heterocycles. The van der Waals surface area contributed by atoms with Gasteiger partial charge >= 0.3 is 0 Å². The van der Waals surface area contributed by atoms with Crippen molar-refractivity contribution in [1.82, 2.24) is 0 Å². The highest BCUT2D eigenvalue weighted by molar-refractivity contribution is 6.33. The molecule has 3 rings (SSSR count). The van der Waals surface area contributed by atoms with E-state index in [0.717, 1.165) is 23.3 Å². The third kappa shape index (κ3) is 2.36. The van der Waals surface area contributed by atoms with Gasteiger partial charge in [-0.3, -0.25) is 0 Å². The number of hydrogen-bond acceptors (Lipinski definition) is 3. The molecule has 1 atom stereocenters. The molecule has 0 amide bonds. The van der Waals surface area contributed by atoms with Gasteiger partial charge < -0.3 is 13.9 Å². The molecule has 2 aromatic rings. The molecule has 1 aromatic heterocycles. The summed E-state index contributed by atoms with van der Waals surface area (Å²) in [6, 6.07) is 5.48. The van der Waals surface area contributed by atoms with E-state index < -0.39 is 0 Å². The summed E-state index contributed by atoms with van der Waals surface area (Å²) >= 11 is 12.9. The Balaban J connectivity index is 2.01. The van der Waals surface area contributed by atoms with Crippen molar-refractivity contribution < 1.29 is 13.9 Å². The third-order valence-corrected chi connectivity index (χ3v) is 4.11. The number of rotatable bonds is 3. The Labute approximate surface area is 127 Å². The Bertz CT molecular complexity index is 622. The van der Waals surface area contributed by atoms with Crippen LogP contribution >= 0.6 is 23.2 Å². The Kier molecular flexibility index (Phi) is 3.81. The van der Waals surface area contributed by atoms with Crippen LogP contribution in [0.1, 0.15) is 29.2 Å². The number of alkyl halides is 1. The van der Waals surface area contributed by atoms with Crippen LogP contribution in [0.5, 0.6) is 11.5 Å². The first kappa shape index (κ1) is 13.7. The van der Waals surface area contributed by atoms with Gasteiger partial charge in [-0.05, 0) is 17.7 Å².